The molecule has 1 N–H and O–H groups in total. The molecule has 1 amide bonds. The van der Waals surface area contributed by atoms with E-state index in [0.29, 0.717) is 23.9 Å². The zero-order valence-electron chi connectivity index (χ0n) is 17.2. The van der Waals surface area contributed by atoms with Crippen LogP contribution in [0.4, 0.5) is 11.5 Å². The highest BCUT2D eigenvalue weighted by Crippen LogP contribution is 2.25. The molecule has 3 rings (SSSR count). The van der Waals surface area contributed by atoms with Crippen molar-refractivity contribution in [2.24, 2.45) is 0 Å². The second-order valence-electron chi connectivity index (χ2n) is 7.11. The second kappa shape index (κ2) is 9.80. The predicted octanol–water partition coefficient (Wildman–Crippen LogP) is 3.59. The molecule has 6 heteroatoms. The highest BCUT2D eigenvalue weighted by atomic mass is 16.1. The molecule has 0 aliphatic heterocycles. The number of carbonyl (C=O) groups is 1. The van der Waals surface area contributed by atoms with Crippen molar-refractivity contribution in [2.45, 2.75) is 6.42 Å². The number of rotatable bonds is 8. The van der Waals surface area contributed by atoms with E-state index >= 15 is 0 Å². The third kappa shape index (κ3) is 5.62. The fourth-order valence-corrected chi connectivity index (χ4v) is 2.91. The lowest BCUT2D eigenvalue weighted by Gasteiger charge is -2.19. The predicted molar refractivity (Wildman–Crippen MR) is 117 cm³/mol. The molecule has 0 fully saturated rings. The molecule has 0 saturated carbocycles. The average Bonchev–Trinajstić information content (AvgIpc) is 2.76. The van der Waals surface area contributed by atoms with Gasteiger partial charge in [-0.1, -0.05) is 48.5 Å². The number of carbonyl (C=O) groups excluding carboxylic acids is 1. The van der Waals surface area contributed by atoms with E-state index in [9.17, 15) is 4.79 Å². The topological polar surface area (TPSA) is 61.4 Å². The summed E-state index contributed by atoms with van der Waals surface area (Å²) in [5.41, 5.74) is 2.22. The molecule has 1 aromatic heterocycles. The van der Waals surface area contributed by atoms with Crippen LogP contribution in [0.3, 0.4) is 0 Å². The van der Waals surface area contributed by atoms with Crippen LogP contribution in [0.2, 0.25) is 0 Å². The van der Waals surface area contributed by atoms with Gasteiger partial charge in [0.05, 0.1) is 0 Å². The van der Waals surface area contributed by atoms with Gasteiger partial charge in [0, 0.05) is 30.9 Å². The molecule has 0 aliphatic rings. The van der Waals surface area contributed by atoms with Crippen molar-refractivity contribution in [2.75, 3.05) is 39.1 Å². The number of hydrogen-bond donors (Lipinski definition) is 1. The van der Waals surface area contributed by atoms with Gasteiger partial charge in [0.15, 0.2) is 5.82 Å². The fraction of sp³-hybridized carbons (Fsp3) is 0.261. The Morgan fingerprint density at radius 3 is 2.24 bits per heavy atom. The van der Waals surface area contributed by atoms with Crippen molar-refractivity contribution in [1.29, 1.82) is 0 Å². The van der Waals surface area contributed by atoms with Crippen LogP contribution in [0.1, 0.15) is 16.9 Å². The Bertz CT molecular complexity index is 929. The number of aromatic nitrogens is 2. The average molecular weight is 390 g/mol. The van der Waals surface area contributed by atoms with Gasteiger partial charge in [-0.2, -0.15) is 0 Å². The highest BCUT2D eigenvalue weighted by Gasteiger charge is 2.15. The molecule has 3 aromatic rings. The Labute approximate surface area is 172 Å². The Kier molecular flexibility index (Phi) is 6.92. The summed E-state index contributed by atoms with van der Waals surface area (Å²) in [7, 11) is 5.97. The minimum Gasteiger partial charge on any atom is -0.351 e. The summed E-state index contributed by atoms with van der Waals surface area (Å²) < 4.78 is 0. The zero-order valence-corrected chi connectivity index (χ0v) is 17.2. The summed E-state index contributed by atoms with van der Waals surface area (Å²) in [6.07, 6.45) is 0.881. The van der Waals surface area contributed by atoms with Crippen LogP contribution in [0.25, 0.3) is 11.4 Å². The number of nitrogens with zero attached hydrogens (tertiary/aromatic N) is 4. The van der Waals surface area contributed by atoms with E-state index < -0.39 is 0 Å². The van der Waals surface area contributed by atoms with Crippen molar-refractivity contribution >= 4 is 17.4 Å². The Balaban J connectivity index is 1.90. The summed E-state index contributed by atoms with van der Waals surface area (Å²) in [5.74, 6) is 1.01. The van der Waals surface area contributed by atoms with Crippen molar-refractivity contribution < 1.29 is 4.79 Å². The molecular formula is C23H27N5O. The van der Waals surface area contributed by atoms with Gasteiger partial charge in [0.2, 0.25) is 0 Å². The summed E-state index contributed by atoms with van der Waals surface area (Å²) in [6.45, 7) is 1.52. The molecule has 2 aromatic carbocycles. The lowest BCUT2D eigenvalue weighted by atomic mass is 10.2. The molecule has 1 heterocycles. The van der Waals surface area contributed by atoms with Crippen LogP contribution >= 0.6 is 0 Å². The third-order valence-electron chi connectivity index (χ3n) is 4.53. The molecule has 0 unspecified atom stereocenters. The van der Waals surface area contributed by atoms with Crippen molar-refractivity contribution in [3.05, 3.63) is 72.4 Å². The van der Waals surface area contributed by atoms with Crippen molar-refractivity contribution in [3.8, 4) is 11.4 Å². The molecule has 0 spiro atoms. The lowest BCUT2D eigenvalue weighted by Crippen LogP contribution is -2.28. The summed E-state index contributed by atoms with van der Waals surface area (Å²) in [4.78, 5) is 26.0. The molecule has 0 aliphatic carbocycles. The fourth-order valence-electron chi connectivity index (χ4n) is 2.91. The summed E-state index contributed by atoms with van der Waals surface area (Å²) in [6, 6.07) is 21.4. The number of nitrogens with one attached hydrogen (secondary N) is 1. The Hall–Kier alpha value is -3.25. The van der Waals surface area contributed by atoms with Gasteiger partial charge in [-0.05, 0) is 39.2 Å². The van der Waals surface area contributed by atoms with Gasteiger partial charge in [0.1, 0.15) is 11.5 Å². The van der Waals surface area contributed by atoms with Crippen molar-refractivity contribution in [1.82, 2.24) is 20.2 Å². The van der Waals surface area contributed by atoms with E-state index in [2.05, 4.69) is 15.2 Å². The maximum Gasteiger partial charge on any atom is 0.270 e. The Morgan fingerprint density at radius 2 is 1.59 bits per heavy atom. The van der Waals surface area contributed by atoms with Crippen LogP contribution in [0, 0.1) is 0 Å². The molecule has 0 saturated heterocycles. The molecule has 0 atom stereocenters. The highest BCUT2D eigenvalue weighted by molar-refractivity contribution is 5.93. The molecular weight excluding hydrogens is 362 g/mol. The van der Waals surface area contributed by atoms with Crippen LogP contribution in [-0.4, -0.2) is 55.0 Å². The molecule has 29 heavy (non-hydrogen) atoms. The zero-order chi connectivity index (χ0) is 20.6. The maximum absolute atomic E-state index is 12.8. The minimum atomic E-state index is -0.189. The van der Waals surface area contributed by atoms with E-state index in [1.54, 1.807) is 6.07 Å². The maximum atomic E-state index is 12.8. The van der Waals surface area contributed by atoms with Gasteiger partial charge in [0.25, 0.3) is 5.91 Å². The first kappa shape index (κ1) is 20.5. The van der Waals surface area contributed by atoms with Crippen LogP contribution in [0.5, 0.6) is 0 Å². The van der Waals surface area contributed by atoms with Gasteiger partial charge < -0.3 is 15.1 Å². The van der Waals surface area contributed by atoms with Crippen LogP contribution < -0.4 is 10.2 Å². The van der Waals surface area contributed by atoms with Crippen molar-refractivity contribution in [3.63, 3.8) is 0 Å². The standard InChI is InChI=1S/C23H27N5O/c1-27(2)16-10-15-24-23(29)20-17-21(28(3)19-13-8-5-9-14-19)26-22(25-20)18-11-6-4-7-12-18/h4-9,11-14,17H,10,15-16H2,1-3H3,(H,24,29). The summed E-state index contributed by atoms with van der Waals surface area (Å²) >= 11 is 0. The van der Waals surface area contributed by atoms with Crippen LogP contribution in [-0.2, 0) is 0 Å². The minimum absolute atomic E-state index is 0.189. The first-order valence-electron chi connectivity index (χ1n) is 9.71. The second-order valence-corrected chi connectivity index (χ2v) is 7.11. The van der Waals surface area contributed by atoms with E-state index in [1.165, 1.54) is 0 Å². The molecule has 150 valence electrons. The normalized spacial score (nSPS) is 10.8. The monoisotopic (exact) mass is 389 g/mol. The number of para-hydroxylation sites is 1. The molecule has 0 radical (unpaired) electrons. The third-order valence-corrected chi connectivity index (χ3v) is 4.53. The smallest absolute Gasteiger partial charge is 0.270 e. The van der Waals surface area contributed by atoms with Gasteiger partial charge in [-0.25, -0.2) is 9.97 Å². The number of benzene rings is 2. The number of hydrogen-bond acceptors (Lipinski definition) is 5. The van der Waals surface area contributed by atoms with E-state index in [0.717, 1.165) is 24.2 Å². The number of amides is 1. The first-order valence-corrected chi connectivity index (χ1v) is 9.71. The van der Waals surface area contributed by atoms with Gasteiger partial charge in [-0.15, -0.1) is 0 Å². The molecule has 6 nitrogen and oxygen atoms in total. The van der Waals surface area contributed by atoms with E-state index in [-0.39, 0.29) is 5.91 Å². The summed E-state index contributed by atoms with van der Waals surface area (Å²) in [5, 5.41) is 2.96. The van der Waals surface area contributed by atoms with E-state index in [4.69, 9.17) is 4.98 Å². The SMILES string of the molecule is CN(C)CCCNC(=O)c1cc(N(C)c2ccccc2)nc(-c2ccccc2)n1. The first-order chi connectivity index (χ1) is 14.0. The van der Waals surface area contributed by atoms with E-state index in [1.807, 2.05) is 86.7 Å². The van der Waals surface area contributed by atoms with Gasteiger partial charge >= 0.3 is 0 Å². The quantitative estimate of drug-likeness (QED) is 0.597. The Morgan fingerprint density at radius 1 is 0.931 bits per heavy atom. The van der Waals surface area contributed by atoms with Gasteiger partial charge in [-0.3, -0.25) is 4.79 Å². The largest absolute Gasteiger partial charge is 0.351 e. The lowest BCUT2D eigenvalue weighted by molar-refractivity contribution is 0.0947. The number of anilines is 2. The molecule has 0 bridgehead atoms. The van der Waals surface area contributed by atoms with Crippen LogP contribution in [0.15, 0.2) is 66.7 Å².